The van der Waals surface area contributed by atoms with Crippen molar-refractivity contribution in [3.05, 3.63) is 16.4 Å². The van der Waals surface area contributed by atoms with E-state index in [1.165, 1.54) is 0 Å². The van der Waals surface area contributed by atoms with Gasteiger partial charge in [0.1, 0.15) is 10.6 Å². The summed E-state index contributed by atoms with van der Waals surface area (Å²) in [6.45, 7) is 1.87. The van der Waals surface area contributed by atoms with E-state index in [1.54, 1.807) is 11.7 Å². The predicted octanol–water partition coefficient (Wildman–Crippen LogP) is 1.95. The van der Waals surface area contributed by atoms with Crippen LogP contribution >= 0.6 is 11.6 Å². The van der Waals surface area contributed by atoms with Crippen LogP contribution in [0.1, 0.15) is 30.5 Å². The van der Waals surface area contributed by atoms with E-state index in [1.807, 2.05) is 6.92 Å². The number of carboxylic acid groups (broad SMARTS) is 1. The fourth-order valence-corrected chi connectivity index (χ4v) is 3.72. The van der Waals surface area contributed by atoms with Gasteiger partial charge >= 0.3 is 5.97 Å². The number of ether oxygens (including phenoxy) is 1. The zero-order valence-corrected chi connectivity index (χ0v) is 11.8. The van der Waals surface area contributed by atoms with Crippen LogP contribution < -0.4 is 0 Å². The first-order chi connectivity index (χ1) is 8.94. The van der Waals surface area contributed by atoms with E-state index in [4.69, 9.17) is 16.3 Å². The molecular formula is C13H17ClN2O3. The standard InChI is InChI=1S/C13H17ClN2O3/c1-7-9(11(14)16(2)15-7)6-13(12(17)18)5-8-3-4-10(13)19-8/h8,10H,3-6H2,1-2H3,(H,17,18). The molecule has 1 aromatic rings. The molecule has 0 radical (unpaired) electrons. The predicted molar refractivity (Wildman–Crippen MR) is 69.2 cm³/mol. The number of carbonyl (C=O) groups is 1. The molecule has 0 aromatic carbocycles. The Morgan fingerprint density at radius 3 is 2.79 bits per heavy atom. The van der Waals surface area contributed by atoms with Crippen molar-refractivity contribution in [3.63, 3.8) is 0 Å². The lowest BCUT2D eigenvalue weighted by Crippen LogP contribution is -2.42. The fraction of sp³-hybridized carbons (Fsp3) is 0.692. The Labute approximate surface area is 116 Å². The van der Waals surface area contributed by atoms with Crippen molar-refractivity contribution >= 4 is 17.6 Å². The molecule has 2 bridgehead atoms. The average molecular weight is 285 g/mol. The number of fused-ring (bicyclic) bond motifs is 2. The normalized spacial score (nSPS) is 33.0. The molecule has 1 N–H and O–H groups in total. The van der Waals surface area contributed by atoms with Crippen molar-refractivity contribution < 1.29 is 14.6 Å². The number of aryl methyl sites for hydroxylation is 2. The monoisotopic (exact) mass is 284 g/mol. The summed E-state index contributed by atoms with van der Waals surface area (Å²) in [6.07, 6.45) is 2.69. The number of carboxylic acids is 1. The first-order valence-corrected chi connectivity index (χ1v) is 6.88. The van der Waals surface area contributed by atoms with Gasteiger partial charge in [-0.2, -0.15) is 5.10 Å². The van der Waals surface area contributed by atoms with Crippen LogP contribution in [0.5, 0.6) is 0 Å². The Hall–Kier alpha value is -1.07. The summed E-state index contributed by atoms with van der Waals surface area (Å²) < 4.78 is 7.35. The van der Waals surface area contributed by atoms with Crippen molar-refractivity contribution in [1.82, 2.24) is 9.78 Å². The maximum Gasteiger partial charge on any atom is 0.312 e. The summed E-state index contributed by atoms with van der Waals surface area (Å²) in [7, 11) is 1.77. The quantitative estimate of drug-likeness (QED) is 0.921. The number of aliphatic carboxylic acids is 1. The Morgan fingerprint density at radius 1 is 1.63 bits per heavy atom. The summed E-state index contributed by atoms with van der Waals surface area (Å²) in [5.41, 5.74) is 0.805. The Balaban J connectivity index is 1.97. The van der Waals surface area contributed by atoms with Crippen LogP contribution in [0.25, 0.3) is 0 Å². The Bertz CT molecular complexity index is 542. The third-order valence-electron chi connectivity index (χ3n) is 4.50. The third kappa shape index (κ3) is 1.79. The second-order valence-electron chi connectivity index (χ2n) is 5.64. The van der Waals surface area contributed by atoms with Crippen LogP contribution in [0.4, 0.5) is 0 Å². The maximum atomic E-state index is 11.8. The van der Waals surface area contributed by atoms with Crippen LogP contribution in [-0.4, -0.2) is 33.1 Å². The molecule has 2 aliphatic heterocycles. The first-order valence-electron chi connectivity index (χ1n) is 6.51. The van der Waals surface area contributed by atoms with E-state index in [0.717, 1.165) is 24.1 Å². The molecule has 3 atom stereocenters. The number of hydrogen-bond acceptors (Lipinski definition) is 3. The van der Waals surface area contributed by atoms with E-state index in [-0.39, 0.29) is 12.2 Å². The SMILES string of the molecule is Cc1nn(C)c(Cl)c1CC1(C(=O)O)CC2CCC1O2. The third-order valence-corrected chi connectivity index (χ3v) is 4.98. The maximum absolute atomic E-state index is 11.8. The number of nitrogens with zero attached hydrogens (tertiary/aromatic N) is 2. The lowest BCUT2D eigenvalue weighted by Gasteiger charge is -2.30. The fourth-order valence-electron chi connectivity index (χ4n) is 3.48. The molecule has 19 heavy (non-hydrogen) atoms. The topological polar surface area (TPSA) is 64.4 Å². The van der Waals surface area contributed by atoms with Crippen molar-refractivity contribution in [2.24, 2.45) is 12.5 Å². The van der Waals surface area contributed by atoms with Gasteiger partial charge in [0.15, 0.2) is 0 Å². The Morgan fingerprint density at radius 2 is 2.37 bits per heavy atom. The highest BCUT2D eigenvalue weighted by molar-refractivity contribution is 6.30. The molecule has 3 unspecified atom stereocenters. The smallest absolute Gasteiger partial charge is 0.312 e. The molecule has 1 aromatic heterocycles. The zero-order chi connectivity index (χ0) is 13.8. The summed E-state index contributed by atoms with van der Waals surface area (Å²) in [4.78, 5) is 11.8. The average Bonchev–Trinajstić information content (AvgIpc) is 3.00. The molecule has 0 amide bonds. The highest BCUT2D eigenvalue weighted by Gasteiger charge is 2.57. The molecule has 5 nitrogen and oxygen atoms in total. The van der Waals surface area contributed by atoms with E-state index < -0.39 is 11.4 Å². The van der Waals surface area contributed by atoms with E-state index in [0.29, 0.717) is 18.0 Å². The van der Waals surface area contributed by atoms with Gasteiger partial charge in [0.25, 0.3) is 0 Å². The minimum Gasteiger partial charge on any atom is -0.481 e. The minimum absolute atomic E-state index is 0.0943. The molecule has 3 heterocycles. The van der Waals surface area contributed by atoms with Crippen LogP contribution in [0.3, 0.4) is 0 Å². The van der Waals surface area contributed by atoms with Crippen molar-refractivity contribution in [2.45, 2.75) is 44.8 Å². The number of hydrogen-bond donors (Lipinski definition) is 1. The van der Waals surface area contributed by atoms with Crippen LogP contribution in [0.2, 0.25) is 5.15 Å². The van der Waals surface area contributed by atoms with Crippen molar-refractivity contribution in [3.8, 4) is 0 Å². The molecule has 0 saturated carbocycles. The van der Waals surface area contributed by atoms with Gasteiger partial charge in [-0.1, -0.05) is 11.6 Å². The van der Waals surface area contributed by atoms with E-state index in [9.17, 15) is 9.90 Å². The summed E-state index contributed by atoms with van der Waals surface area (Å²) in [5, 5.41) is 14.5. The second-order valence-corrected chi connectivity index (χ2v) is 6.00. The van der Waals surface area contributed by atoms with Gasteiger partial charge in [0, 0.05) is 12.6 Å². The molecule has 2 fully saturated rings. The molecule has 3 rings (SSSR count). The molecule has 2 aliphatic rings. The van der Waals surface area contributed by atoms with E-state index >= 15 is 0 Å². The second kappa shape index (κ2) is 4.21. The largest absolute Gasteiger partial charge is 0.481 e. The summed E-state index contributed by atoms with van der Waals surface area (Å²) in [6, 6.07) is 0. The van der Waals surface area contributed by atoms with Crippen LogP contribution in [0.15, 0.2) is 0 Å². The molecule has 104 valence electrons. The van der Waals surface area contributed by atoms with Gasteiger partial charge < -0.3 is 9.84 Å². The highest BCUT2D eigenvalue weighted by Crippen LogP contribution is 2.50. The van der Waals surface area contributed by atoms with Crippen molar-refractivity contribution in [1.29, 1.82) is 0 Å². The number of aromatic nitrogens is 2. The van der Waals surface area contributed by atoms with Gasteiger partial charge in [-0.3, -0.25) is 9.48 Å². The number of rotatable bonds is 3. The zero-order valence-electron chi connectivity index (χ0n) is 11.0. The van der Waals surface area contributed by atoms with Gasteiger partial charge in [0.2, 0.25) is 0 Å². The van der Waals surface area contributed by atoms with E-state index in [2.05, 4.69) is 5.10 Å². The van der Waals surface area contributed by atoms with Gasteiger partial charge in [0.05, 0.1) is 17.9 Å². The molecule has 0 spiro atoms. The Kier molecular flexibility index (Phi) is 2.87. The van der Waals surface area contributed by atoms with Gasteiger partial charge in [-0.05, 0) is 32.6 Å². The van der Waals surface area contributed by atoms with Crippen molar-refractivity contribution in [2.75, 3.05) is 0 Å². The summed E-state index contributed by atoms with van der Waals surface area (Å²) >= 11 is 6.23. The lowest BCUT2D eigenvalue weighted by atomic mass is 9.70. The molecule has 0 aliphatic carbocycles. The molecule has 2 saturated heterocycles. The number of halogens is 1. The molecule has 6 heteroatoms. The van der Waals surface area contributed by atoms with Crippen LogP contribution in [-0.2, 0) is 23.0 Å². The lowest BCUT2D eigenvalue weighted by molar-refractivity contribution is -0.152. The van der Waals surface area contributed by atoms with Gasteiger partial charge in [-0.15, -0.1) is 0 Å². The van der Waals surface area contributed by atoms with Crippen LogP contribution in [0, 0.1) is 12.3 Å². The first kappa shape index (κ1) is 12.9. The summed E-state index contributed by atoms with van der Waals surface area (Å²) in [5.74, 6) is -0.779. The van der Waals surface area contributed by atoms with Gasteiger partial charge in [-0.25, -0.2) is 0 Å². The highest BCUT2D eigenvalue weighted by atomic mass is 35.5. The molecular weight excluding hydrogens is 268 g/mol. The minimum atomic E-state index is -0.833.